The van der Waals surface area contributed by atoms with Gasteiger partial charge < -0.3 is 9.26 Å². The Bertz CT molecular complexity index is 542. The molecule has 1 saturated heterocycles. The van der Waals surface area contributed by atoms with Gasteiger partial charge >= 0.3 is 5.97 Å². The van der Waals surface area contributed by atoms with Crippen molar-refractivity contribution in [2.75, 3.05) is 17.3 Å². The molecule has 0 saturated carbocycles. The number of imide groups is 1. The van der Waals surface area contributed by atoms with Crippen molar-refractivity contribution in [1.82, 2.24) is 5.16 Å². The molecule has 20 heavy (non-hydrogen) atoms. The number of carbonyl (C=O) groups is 3. The largest absolute Gasteiger partial charge is 0.465 e. The molecule has 1 aliphatic rings. The van der Waals surface area contributed by atoms with Gasteiger partial charge in [0.2, 0.25) is 11.8 Å². The lowest BCUT2D eigenvalue weighted by Gasteiger charge is -2.10. The first-order valence-electron chi connectivity index (χ1n) is 6.10. The van der Waals surface area contributed by atoms with E-state index < -0.39 is 11.2 Å². The molecule has 0 bridgehead atoms. The van der Waals surface area contributed by atoms with Crippen molar-refractivity contribution in [1.29, 1.82) is 0 Å². The highest BCUT2D eigenvalue weighted by atomic mass is 32.2. The van der Waals surface area contributed by atoms with Gasteiger partial charge in [-0.25, -0.2) is 4.90 Å². The number of carbonyl (C=O) groups excluding carboxylic acids is 3. The van der Waals surface area contributed by atoms with Gasteiger partial charge in [-0.15, -0.1) is 11.8 Å². The number of amides is 2. The standard InChI is InChI=1S/C12H14N2O5S/c1-3-18-11(16)6-20-8-5-10(15)14(12(8)17)9-4-7(2)19-13-9/h4,8H,3,5-6H2,1-2H3. The Balaban J connectivity index is 2.00. The summed E-state index contributed by atoms with van der Waals surface area (Å²) in [4.78, 5) is 36.3. The van der Waals surface area contributed by atoms with E-state index in [-0.39, 0.29) is 29.8 Å². The van der Waals surface area contributed by atoms with Crippen molar-refractivity contribution in [2.45, 2.75) is 25.5 Å². The molecule has 1 aromatic heterocycles. The van der Waals surface area contributed by atoms with E-state index in [9.17, 15) is 14.4 Å². The topological polar surface area (TPSA) is 89.7 Å². The summed E-state index contributed by atoms with van der Waals surface area (Å²) < 4.78 is 9.64. The Labute approximate surface area is 119 Å². The SMILES string of the molecule is CCOC(=O)CSC1CC(=O)N(c2cc(C)on2)C1=O. The van der Waals surface area contributed by atoms with E-state index in [4.69, 9.17) is 9.26 Å². The maximum Gasteiger partial charge on any atom is 0.315 e. The minimum atomic E-state index is -0.580. The highest BCUT2D eigenvalue weighted by molar-refractivity contribution is 8.01. The number of anilines is 1. The summed E-state index contributed by atoms with van der Waals surface area (Å²) in [6, 6.07) is 1.52. The number of thioether (sulfide) groups is 1. The number of aryl methyl sites for hydroxylation is 1. The van der Waals surface area contributed by atoms with Crippen molar-refractivity contribution < 1.29 is 23.6 Å². The zero-order chi connectivity index (χ0) is 14.7. The van der Waals surface area contributed by atoms with Gasteiger partial charge in [0.15, 0.2) is 5.82 Å². The summed E-state index contributed by atoms with van der Waals surface area (Å²) in [5, 5.41) is 3.09. The molecule has 1 aromatic rings. The summed E-state index contributed by atoms with van der Waals surface area (Å²) in [7, 11) is 0. The minimum Gasteiger partial charge on any atom is -0.465 e. The van der Waals surface area contributed by atoms with Crippen LogP contribution in [0.25, 0.3) is 0 Å². The van der Waals surface area contributed by atoms with Crippen molar-refractivity contribution in [3.05, 3.63) is 11.8 Å². The van der Waals surface area contributed by atoms with Gasteiger partial charge in [-0.05, 0) is 13.8 Å². The van der Waals surface area contributed by atoms with E-state index >= 15 is 0 Å². The van der Waals surface area contributed by atoms with Crippen LogP contribution in [0.4, 0.5) is 5.82 Å². The van der Waals surface area contributed by atoms with E-state index in [1.54, 1.807) is 13.8 Å². The van der Waals surface area contributed by atoms with Gasteiger partial charge in [0, 0.05) is 12.5 Å². The first-order valence-corrected chi connectivity index (χ1v) is 7.15. The van der Waals surface area contributed by atoms with E-state index in [2.05, 4.69) is 5.16 Å². The molecule has 1 atom stereocenters. The third-order valence-electron chi connectivity index (χ3n) is 2.66. The Hall–Kier alpha value is -1.83. The molecule has 0 radical (unpaired) electrons. The first-order chi connectivity index (χ1) is 9.52. The number of ether oxygens (including phenoxy) is 1. The zero-order valence-electron chi connectivity index (χ0n) is 11.1. The molecule has 2 rings (SSSR count). The number of hydrogen-bond acceptors (Lipinski definition) is 7. The summed E-state index contributed by atoms with van der Waals surface area (Å²) in [5.74, 6) is -0.362. The van der Waals surface area contributed by atoms with Gasteiger partial charge in [0.05, 0.1) is 17.6 Å². The lowest BCUT2D eigenvalue weighted by molar-refractivity contribution is -0.139. The number of rotatable bonds is 5. The maximum atomic E-state index is 12.1. The van der Waals surface area contributed by atoms with Crippen LogP contribution in [0, 0.1) is 6.92 Å². The fourth-order valence-corrected chi connectivity index (χ4v) is 2.73. The molecular weight excluding hydrogens is 284 g/mol. The normalized spacial score (nSPS) is 18.7. The van der Waals surface area contributed by atoms with Crippen LogP contribution >= 0.6 is 11.8 Å². The molecule has 7 nitrogen and oxygen atoms in total. The monoisotopic (exact) mass is 298 g/mol. The summed E-state index contributed by atoms with van der Waals surface area (Å²) in [5.41, 5.74) is 0. The number of aromatic nitrogens is 1. The number of hydrogen-bond donors (Lipinski definition) is 0. The van der Waals surface area contributed by atoms with Crippen LogP contribution in [0.2, 0.25) is 0 Å². The minimum absolute atomic E-state index is 0.0449. The van der Waals surface area contributed by atoms with E-state index in [0.717, 1.165) is 16.7 Å². The van der Waals surface area contributed by atoms with Crippen LogP contribution in [0.1, 0.15) is 19.1 Å². The van der Waals surface area contributed by atoms with E-state index in [0.29, 0.717) is 12.4 Å². The molecule has 108 valence electrons. The molecule has 0 N–H and O–H groups in total. The third-order valence-corrected chi connectivity index (χ3v) is 3.83. The highest BCUT2D eigenvalue weighted by Crippen LogP contribution is 2.29. The van der Waals surface area contributed by atoms with Crippen LogP contribution in [0.15, 0.2) is 10.6 Å². The smallest absolute Gasteiger partial charge is 0.315 e. The molecule has 0 aliphatic carbocycles. The van der Waals surface area contributed by atoms with Crippen molar-refractivity contribution in [2.24, 2.45) is 0 Å². The molecule has 1 aliphatic heterocycles. The fourth-order valence-electron chi connectivity index (χ4n) is 1.80. The molecule has 2 heterocycles. The Morgan fingerprint density at radius 1 is 1.60 bits per heavy atom. The average molecular weight is 298 g/mol. The van der Waals surface area contributed by atoms with Crippen molar-refractivity contribution >= 4 is 35.4 Å². The lowest BCUT2D eigenvalue weighted by atomic mass is 10.4. The molecule has 1 unspecified atom stereocenters. The van der Waals surface area contributed by atoms with Crippen LogP contribution < -0.4 is 4.90 Å². The molecule has 2 amide bonds. The second-order valence-electron chi connectivity index (χ2n) is 4.17. The van der Waals surface area contributed by atoms with Crippen molar-refractivity contribution in [3.63, 3.8) is 0 Å². The predicted molar refractivity (Wildman–Crippen MR) is 71.2 cm³/mol. The predicted octanol–water partition coefficient (Wildman–Crippen LogP) is 0.911. The average Bonchev–Trinajstić information content (AvgIpc) is 2.92. The van der Waals surface area contributed by atoms with Gasteiger partial charge in [0.25, 0.3) is 0 Å². The Morgan fingerprint density at radius 2 is 2.35 bits per heavy atom. The number of nitrogens with zero attached hydrogens (tertiary/aromatic N) is 2. The van der Waals surface area contributed by atoms with Crippen LogP contribution in [0.3, 0.4) is 0 Å². The summed E-state index contributed by atoms with van der Waals surface area (Å²) >= 11 is 1.10. The quantitative estimate of drug-likeness (QED) is 0.589. The Morgan fingerprint density at radius 3 is 2.95 bits per heavy atom. The van der Waals surface area contributed by atoms with Crippen LogP contribution in [-0.4, -0.2) is 40.6 Å². The second-order valence-corrected chi connectivity index (χ2v) is 5.36. The molecule has 8 heteroatoms. The fraction of sp³-hybridized carbons (Fsp3) is 0.500. The van der Waals surface area contributed by atoms with E-state index in [1.165, 1.54) is 6.07 Å². The third kappa shape index (κ3) is 3.01. The van der Waals surface area contributed by atoms with Gasteiger partial charge in [-0.1, -0.05) is 5.16 Å². The number of esters is 1. The summed E-state index contributed by atoms with van der Waals surface area (Å²) in [6.45, 7) is 3.68. The Kier molecular flexibility index (Phi) is 4.43. The van der Waals surface area contributed by atoms with Crippen molar-refractivity contribution in [3.8, 4) is 0 Å². The lowest BCUT2D eigenvalue weighted by Crippen LogP contribution is -2.31. The van der Waals surface area contributed by atoms with E-state index in [1.807, 2.05) is 0 Å². The summed E-state index contributed by atoms with van der Waals surface area (Å²) in [6.07, 6.45) is 0.0504. The molecule has 0 aromatic carbocycles. The van der Waals surface area contributed by atoms with Crippen LogP contribution in [0.5, 0.6) is 0 Å². The van der Waals surface area contributed by atoms with Gasteiger partial charge in [-0.3, -0.25) is 14.4 Å². The molecule has 1 fully saturated rings. The zero-order valence-corrected chi connectivity index (χ0v) is 11.9. The van der Waals surface area contributed by atoms with Gasteiger partial charge in [0.1, 0.15) is 5.76 Å². The molecular formula is C12H14N2O5S. The maximum absolute atomic E-state index is 12.1. The molecule has 0 spiro atoms. The van der Waals surface area contributed by atoms with Gasteiger partial charge in [-0.2, -0.15) is 0 Å². The van der Waals surface area contributed by atoms with Crippen LogP contribution in [-0.2, 0) is 19.1 Å². The highest BCUT2D eigenvalue weighted by Gasteiger charge is 2.41. The first kappa shape index (κ1) is 14.6. The second kappa shape index (κ2) is 6.08.